The molecule has 4 rings (SSSR count). The van der Waals surface area contributed by atoms with Gasteiger partial charge in [-0.25, -0.2) is 4.98 Å². The third kappa shape index (κ3) is 5.54. The Morgan fingerprint density at radius 1 is 1.12 bits per heavy atom. The van der Waals surface area contributed by atoms with Crippen LogP contribution >= 0.6 is 23.1 Å². The molecule has 0 spiro atoms. The number of nitrogens with one attached hydrogen (secondary N) is 1. The molecule has 0 atom stereocenters. The normalized spacial score (nSPS) is 14.6. The van der Waals surface area contributed by atoms with Gasteiger partial charge in [-0.2, -0.15) is 0 Å². The molecule has 1 aliphatic heterocycles. The summed E-state index contributed by atoms with van der Waals surface area (Å²) in [6.45, 7) is 10.1. The van der Waals surface area contributed by atoms with Crippen LogP contribution in [0.2, 0.25) is 0 Å². The smallest absolute Gasteiger partial charge is 0.251 e. The summed E-state index contributed by atoms with van der Waals surface area (Å²) in [5.41, 5.74) is 1.68. The largest absolute Gasteiger partial charge is 0.492 e. The summed E-state index contributed by atoms with van der Waals surface area (Å²) in [6, 6.07) is 14.0. The summed E-state index contributed by atoms with van der Waals surface area (Å²) in [7, 11) is 0. The van der Waals surface area contributed by atoms with Crippen molar-refractivity contribution in [1.82, 2.24) is 15.2 Å². The van der Waals surface area contributed by atoms with Crippen LogP contribution in [0.1, 0.15) is 24.2 Å². The Morgan fingerprint density at radius 2 is 1.91 bits per heavy atom. The predicted molar refractivity (Wildman–Crippen MR) is 135 cm³/mol. The average molecular weight is 471 g/mol. The Morgan fingerprint density at radius 3 is 2.62 bits per heavy atom. The number of carbonyl (C=O) groups excluding carboxylic acids is 1. The van der Waals surface area contributed by atoms with E-state index in [0.717, 1.165) is 65.1 Å². The fraction of sp³-hybridized carbons (Fsp3) is 0.417. The Hall–Kier alpha value is -2.29. The maximum atomic E-state index is 12.4. The molecule has 1 aromatic heterocycles. The summed E-state index contributed by atoms with van der Waals surface area (Å²) < 4.78 is 6.90. The van der Waals surface area contributed by atoms with Gasteiger partial charge in [-0.3, -0.25) is 9.69 Å². The number of aromatic nitrogens is 1. The van der Waals surface area contributed by atoms with E-state index < -0.39 is 0 Å². The summed E-state index contributed by atoms with van der Waals surface area (Å²) in [5.74, 6) is 1.89. The van der Waals surface area contributed by atoms with E-state index in [9.17, 15) is 4.79 Å². The van der Waals surface area contributed by atoms with Crippen molar-refractivity contribution in [1.29, 1.82) is 0 Å². The SMILES string of the molecule is CCOc1cccc2sc(N3CCN(CCNC(=O)c4ccc(SCC)cc4)CC3)nc12. The minimum atomic E-state index is -0.00346. The number of ether oxygens (including phenoxy) is 1. The Balaban J connectivity index is 1.24. The zero-order chi connectivity index (χ0) is 22.3. The first-order chi connectivity index (χ1) is 15.7. The molecule has 8 heteroatoms. The molecule has 2 heterocycles. The third-order valence-electron chi connectivity index (χ3n) is 5.45. The van der Waals surface area contributed by atoms with Crippen molar-refractivity contribution in [2.75, 3.05) is 56.5 Å². The number of piperazine rings is 1. The van der Waals surface area contributed by atoms with Crippen LogP contribution < -0.4 is 15.0 Å². The number of hydrogen-bond acceptors (Lipinski definition) is 7. The van der Waals surface area contributed by atoms with Gasteiger partial charge in [0.2, 0.25) is 0 Å². The van der Waals surface area contributed by atoms with Crippen molar-refractivity contribution in [3.63, 3.8) is 0 Å². The summed E-state index contributed by atoms with van der Waals surface area (Å²) in [4.78, 5) is 23.2. The first-order valence-electron chi connectivity index (χ1n) is 11.2. The molecule has 3 aromatic rings. The Bertz CT molecular complexity index is 1030. The lowest BCUT2D eigenvalue weighted by atomic mass is 10.2. The van der Waals surface area contributed by atoms with Crippen molar-refractivity contribution in [2.24, 2.45) is 0 Å². The molecule has 1 fully saturated rings. The summed E-state index contributed by atoms with van der Waals surface area (Å²) in [5, 5.41) is 4.11. The van der Waals surface area contributed by atoms with Crippen LogP contribution in [-0.2, 0) is 0 Å². The van der Waals surface area contributed by atoms with Gasteiger partial charge in [0.1, 0.15) is 11.3 Å². The highest BCUT2D eigenvalue weighted by atomic mass is 32.2. The average Bonchev–Trinajstić information content (AvgIpc) is 3.26. The van der Waals surface area contributed by atoms with Crippen LogP contribution in [0.3, 0.4) is 0 Å². The van der Waals surface area contributed by atoms with Gasteiger partial charge >= 0.3 is 0 Å². The van der Waals surface area contributed by atoms with Gasteiger partial charge in [0.05, 0.1) is 11.3 Å². The van der Waals surface area contributed by atoms with Crippen LogP contribution in [0.4, 0.5) is 5.13 Å². The second-order valence-corrected chi connectivity index (χ2v) is 9.92. The molecule has 1 aliphatic rings. The molecule has 0 bridgehead atoms. The van der Waals surface area contributed by atoms with Crippen LogP contribution in [0.5, 0.6) is 5.75 Å². The van der Waals surface area contributed by atoms with Gasteiger partial charge < -0.3 is 15.0 Å². The van der Waals surface area contributed by atoms with E-state index in [1.807, 2.05) is 43.3 Å². The maximum Gasteiger partial charge on any atom is 0.251 e. The molecular formula is C24H30N4O2S2. The van der Waals surface area contributed by atoms with Crippen molar-refractivity contribution in [3.8, 4) is 5.75 Å². The lowest BCUT2D eigenvalue weighted by Crippen LogP contribution is -2.48. The number of benzene rings is 2. The molecule has 32 heavy (non-hydrogen) atoms. The molecule has 0 saturated carbocycles. The van der Waals surface area contributed by atoms with Crippen molar-refractivity contribution in [2.45, 2.75) is 18.7 Å². The topological polar surface area (TPSA) is 57.7 Å². The quantitative estimate of drug-likeness (QED) is 0.469. The molecule has 1 saturated heterocycles. The number of anilines is 1. The van der Waals surface area contributed by atoms with Crippen LogP contribution in [0.15, 0.2) is 47.4 Å². The molecule has 1 N–H and O–H groups in total. The molecule has 2 aromatic carbocycles. The van der Waals surface area contributed by atoms with Gasteiger partial charge in [0.15, 0.2) is 5.13 Å². The molecular weight excluding hydrogens is 440 g/mol. The lowest BCUT2D eigenvalue weighted by Gasteiger charge is -2.34. The van der Waals surface area contributed by atoms with Crippen molar-refractivity contribution < 1.29 is 9.53 Å². The van der Waals surface area contributed by atoms with Gasteiger partial charge in [-0.05, 0) is 49.1 Å². The number of thioether (sulfide) groups is 1. The second-order valence-electron chi connectivity index (χ2n) is 7.57. The number of thiazole rings is 1. The third-order valence-corrected chi connectivity index (χ3v) is 7.43. The minimum Gasteiger partial charge on any atom is -0.492 e. The highest BCUT2D eigenvalue weighted by molar-refractivity contribution is 7.99. The molecule has 0 unspecified atom stereocenters. The van der Waals surface area contributed by atoms with E-state index in [2.05, 4.69) is 28.1 Å². The van der Waals surface area contributed by atoms with E-state index in [1.165, 1.54) is 4.90 Å². The Labute approximate surface area is 198 Å². The number of rotatable bonds is 9. The number of amides is 1. The molecule has 6 nitrogen and oxygen atoms in total. The monoisotopic (exact) mass is 470 g/mol. The van der Waals surface area contributed by atoms with Gasteiger partial charge in [-0.15, -0.1) is 11.8 Å². The zero-order valence-corrected chi connectivity index (χ0v) is 20.3. The number of para-hydroxylation sites is 1. The van der Waals surface area contributed by atoms with E-state index in [1.54, 1.807) is 23.1 Å². The fourth-order valence-electron chi connectivity index (χ4n) is 3.78. The predicted octanol–water partition coefficient (Wildman–Crippen LogP) is 4.36. The van der Waals surface area contributed by atoms with Gasteiger partial charge in [0, 0.05) is 49.7 Å². The van der Waals surface area contributed by atoms with Gasteiger partial charge in [-0.1, -0.05) is 24.3 Å². The molecule has 1 amide bonds. The molecule has 170 valence electrons. The zero-order valence-electron chi connectivity index (χ0n) is 18.7. The molecule has 0 aliphatic carbocycles. The number of fused-ring (bicyclic) bond motifs is 1. The van der Waals surface area contributed by atoms with Crippen LogP contribution in [0, 0.1) is 0 Å². The van der Waals surface area contributed by atoms with Crippen LogP contribution in [-0.4, -0.2) is 67.4 Å². The standard InChI is InChI=1S/C24H30N4O2S2/c1-3-30-20-6-5-7-21-22(20)26-24(32-21)28-16-14-27(15-17-28)13-12-25-23(29)18-8-10-19(11-9-18)31-4-2/h5-11H,3-4,12-17H2,1-2H3,(H,25,29). The number of carbonyl (C=O) groups is 1. The summed E-state index contributed by atoms with van der Waals surface area (Å²) in [6.07, 6.45) is 0. The lowest BCUT2D eigenvalue weighted by molar-refractivity contribution is 0.0947. The number of nitrogens with zero attached hydrogens (tertiary/aromatic N) is 3. The first-order valence-corrected chi connectivity index (χ1v) is 13.0. The number of hydrogen-bond donors (Lipinski definition) is 1. The van der Waals surface area contributed by atoms with E-state index in [4.69, 9.17) is 9.72 Å². The highest BCUT2D eigenvalue weighted by Gasteiger charge is 2.20. The van der Waals surface area contributed by atoms with E-state index >= 15 is 0 Å². The highest BCUT2D eigenvalue weighted by Crippen LogP contribution is 2.34. The fourth-order valence-corrected chi connectivity index (χ4v) is 5.48. The minimum absolute atomic E-state index is 0.00346. The van der Waals surface area contributed by atoms with Crippen LogP contribution in [0.25, 0.3) is 10.2 Å². The molecule has 0 radical (unpaired) electrons. The Kier molecular flexibility index (Phi) is 7.89. The first kappa shape index (κ1) is 22.9. The maximum absolute atomic E-state index is 12.4. The summed E-state index contributed by atoms with van der Waals surface area (Å²) >= 11 is 3.51. The van der Waals surface area contributed by atoms with Crippen molar-refractivity contribution in [3.05, 3.63) is 48.0 Å². The second kappa shape index (κ2) is 11.0. The van der Waals surface area contributed by atoms with Gasteiger partial charge in [0.25, 0.3) is 5.91 Å². The van der Waals surface area contributed by atoms with E-state index in [-0.39, 0.29) is 5.91 Å². The van der Waals surface area contributed by atoms with Crippen molar-refractivity contribution >= 4 is 44.4 Å². The van der Waals surface area contributed by atoms with E-state index in [0.29, 0.717) is 13.2 Å².